The molecule has 0 fully saturated rings. The third-order valence-corrected chi connectivity index (χ3v) is 2.12. The number of hydrogen-bond acceptors (Lipinski definition) is 1. The van der Waals surface area contributed by atoms with E-state index in [1.807, 2.05) is 0 Å². The van der Waals surface area contributed by atoms with Crippen molar-refractivity contribution in [1.29, 1.82) is 0 Å². The van der Waals surface area contributed by atoms with E-state index in [0.717, 1.165) is 4.57 Å². The second-order valence-electron chi connectivity index (χ2n) is 2.59. The van der Waals surface area contributed by atoms with Crippen LogP contribution >= 0.6 is 12.2 Å². The Morgan fingerprint density at radius 2 is 2.00 bits per heavy atom. The maximum Gasteiger partial charge on any atom is 0.321 e. The quantitative estimate of drug-likeness (QED) is 0.701. The largest absolute Gasteiger partial charge is 0.330 e. The van der Waals surface area contributed by atoms with Crippen LogP contribution < -0.4 is 0 Å². The van der Waals surface area contributed by atoms with Crippen LogP contribution in [0.4, 0.5) is 8.78 Å². The number of nitrogens with one attached hydrogen (secondary N) is 1. The normalized spacial score (nSPS) is 11.3. The molecule has 13 heavy (non-hydrogen) atoms. The lowest BCUT2D eigenvalue weighted by Crippen LogP contribution is -1.96. The summed E-state index contributed by atoms with van der Waals surface area (Å²) in [6.45, 7) is -2.59. The topological polar surface area (TPSA) is 20.7 Å². The Bertz CT molecular complexity index is 486. The first kappa shape index (κ1) is 8.37. The summed E-state index contributed by atoms with van der Waals surface area (Å²) in [5, 5.41) is 0. The first-order chi connectivity index (χ1) is 6.20. The van der Waals surface area contributed by atoms with Crippen molar-refractivity contribution in [1.82, 2.24) is 9.55 Å². The number of rotatable bonds is 1. The standard InChI is InChI=1S/C8H6F2N2S/c9-7(10)12-6-4-2-1-3-5(6)11-8(12)13/h1-4,7H,(H,11,13). The van der Waals surface area contributed by atoms with E-state index in [0.29, 0.717) is 11.0 Å². The summed E-state index contributed by atoms with van der Waals surface area (Å²) in [7, 11) is 0. The number of aromatic nitrogens is 2. The molecule has 0 unspecified atom stereocenters. The van der Waals surface area contributed by atoms with Gasteiger partial charge in [0, 0.05) is 0 Å². The minimum atomic E-state index is -2.59. The molecular weight excluding hydrogens is 194 g/mol. The Labute approximate surface area is 77.8 Å². The van der Waals surface area contributed by atoms with Crippen molar-refractivity contribution in [3.05, 3.63) is 29.0 Å². The molecule has 0 saturated carbocycles. The second-order valence-corrected chi connectivity index (χ2v) is 2.98. The predicted octanol–water partition coefficient (Wildman–Crippen LogP) is 3.09. The lowest BCUT2D eigenvalue weighted by Gasteiger charge is -2.00. The van der Waals surface area contributed by atoms with Gasteiger partial charge in [-0.1, -0.05) is 12.1 Å². The van der Waals surface area contributed by atoms with Crippen LogP contribution in [0.15, 0.2) is 24.3 Å². The van der Waals surface area contributed by atoms with E-state index >= 15 is 0 Å². The molecule has 68 valence electrons. The second kappa shape index (κ2) is 2.92. The molecule has 2 nitrogen and oxygen atoms in total. The third kappa shape index (κ3) is 1.25. The first-order valence-electron chi connectivity index (χ1n) is 3.67. The molecule has 0 saturated heterocycles. The molecule has 0 aliphatic heterocycles. The molecule has 0 radical (unpaired) electrons. The molecule has 0 aliphatic carbocycles. The van der Waals surface area contributed by atoms with Crippen molar-refractivity contribution in [2.45, 2.75) is 6.55 Å². The summed E-state index contributed by atoms with van der Waals surface area (Å²) < 4.78 is 25.8. The Kier molecular flexibility index (Phi) is 1.88. The van der Waals surface area contributed by atoms with Crippen molar-refractivity contribution in [2.75, 3.05) is 0 Å². The number of imidazole rings is 1. The lowest BCUT2D eigenvalue weighted by atomic mass is 10.3. The summed E-state index contributed by atoms with van der Waals surface area (Å²) in [5.41, 5.74) is 1.07. The van der Waals surface area contributed by atoms with Gasteiger partial charge in [-0.3, -0.25) is 4.57 Å². The number of aromatic amines is 1. The highest BCUT2D eigenvalue weighted by molar-refractivity contribution is 7.71. The van der Waals surface area contributed by atoms with E-state index in [1.165, 1.54) is 0 Å². The van der Waals surface area contributed by atoms with Crippen LogP contribution in [0.5, 0.6) is 0 Å². The number of para-hydroxylation sites is 2. The number of H-pyrrole nitrogens is 1. The summed E-state index contributed by atoms with van der Waals surface area (Å²) in [4.78, 5) is 2.71. The van der Waals surface area contributed by atoms with Crippen molar-refractivity contribution < 1.29 is 8.78 Å². The molecule has 1 N–H and O–H groups in total. The summed E-state index contributed by atoms with van der Waals surface area (Å²) in [6, 6.07) is 6.78. The van der Waals surface area contributed by atoms with E-state index in [-0.39, 0.29) is 4.77 Å². The van der Waals surface area contributed by atoms with Crippen LogP contribution in [-0.4, -0.2) is 9.55 Å². The summed E-state index contributed by atoms with van der Waals surface area (Å²) >= 11 is 4.76. The highest BCUT2D eigenvalue weighted by Gasteiger charge is 2.11. The molecule has 1 heterocycles. The van der Waals surface area contributed by atoms with E-state index in [4.69, 9.17) is 12.2 Å². The van der Waals surface area contributed by atoms with Gasteiger partial charge in [0.1, 0.15) is 0 Å². The number of hydrogen-bond donors (Lipinski definition) is 1. The van der Waals surface area contributed by atoms with Crippen LogP contribution in [0, 0.1) is 4.77 Å². The summed E-state index contributed by atoms with van der Waals surface area (Å²) in [6.07, 6.45) is 0. The number of halogens is 2. The molecule has 2 rings (SSSR count). The molecule has 2 aromatic rings. The highest BCUT2D eigenvalue weighted by atomic mass is 32.1. The first-order valence-corrected chi connectivity index (χ1v) is 4.08. The van der Waals surface area contributed by atoms with Crippen LogP contribution in [0.3, 0.4) is 0 Å². The molecule has 1 aromatic carbocycles. The molecule has 0 amide bonds. The van der Waals surface area contributed by atoms with Gasteiger partial charge < -0.3 is 4.98 Å². The van der Waals surface area contributed by atoms with E-state index in [1.54, 1.807) is 24.3 Å². The average Bonchev–Trinajstić information content (AvgIpc) is 2.39. The van der Waals surface area contributed by atoms with E-state index in [9.17, 15) is 8.78 Å². The van der Waals surface area contributed by atoms with Gasteiger partial charge in [0.15, 0.2) is 4.77 Å². The van der Waals surface area contributed by atoms with Gasteiger partial charge in [-0.2, -0.15) is 8.78 Å². The zero-order chi connectivity index (χ0) is 9.42. The fourth-order valence-corrected chi connectivity index (χ4v) is 1.56. The monoisotopic (exact) mass is 200 g/mol. The van der Waals surface area contributed by atoms with Gasteiger partial charge >= 0.3 is 6.55 Å². The minimum Gasteiger partial charge on any atom is -0.330 e. The van der Waals surface area contributed by atoms with Crippen LogP contribution in [0.25, 0.3) is 11.0 Å². The number of alkyl halides is 2. The smallest absolute Gasteiger partial charge is 0.321 e. The zero-order valence-corrected chi connectivity index (χ0v) is 7.31. The fourth-order valence-electron chi connectivity index (χ4n) is 1.27. The molecule has 0 bridgehead atoms. The van der Waals surface area contributed by atoms with Crippen LogP contribution in [0.2, 0.25) is 0 Å². The third-order valence-electron chi connectivity index (χ3n) is 1.82. The minimum absolute atomic E-state index is 0.0520. The molecular formula is C8H6F2N2S. The molecule has 0 spiro atoms. The maximum absolute atomic E-state index is 12.5. The van der Waals surface area contributed by atoms with Gasteiger partial charge in [-0.25, -0.2) is 0 Å². The Morgan fingerprint density at radius 3 is 2.69 bits per heavy atom. The van der Waals surface area contributed by atoms with Gasteiger partial charge in [0.05, 0.1) is 11.0 Å². The highest BCUT2D eigenvalue weighted by Crippen LogP contribution is 2.20. The van der Waals surface area contributed by atoms with Crippen molar-refractivity contribution in [2.24, 2.45) is 0 Å². The van der Waals surface area contributed by atoms with Crippen molar-refractivity contribution in [3.63, 3.8) is 0 Å². The maximum atomic E-state index is 12.5. The Balaban J connectivity index is 2.87. The average molecular weight is 200 g/mol. The van der Waals surface area contributed by atoms with Gasteiger partial charge in [-0.05, 0) is 24.4 Å². The summed E-state index contributed by atoms with van der Waals surface area (Å²) in [5.74, 6) is 0. The number of fused-ring (bicyclic) bond motifs is 1. The lowest BCUT2D eigenvalue weighted by molar-refractivity contribution is 0.0732. The zero-order valence-electron chi connectivity index (χ0n) is 6.50. The van der Waals surface area contributed by atoms with Gasteiger partial charge in [-0.15, -0.1) is 0 Å². The molecule has 5 heteroatoms. The fraction of sp³-hybridized carbons (Fsp3) is 0.125. The van der Waals surface area contributed by atoms with Crippen molar-refractivity contribution >= 4 is 23.3 Å². The SMILES string of the molecule is FC(F)n1c(=S)[nH]c2ccccc21. The molecule has 0 aliphatic rings. The number of benzene rings is 1. The number of nitrogens with zero attached hydrogens (tertiary/aromatic N) is 1. The van der Waals surface area contributed by atoms with Gasteiger partial charge in [0.25, 0.3) is 0 Å². The van der Waals surface area contributed by atoms with Crippen LogP contribution in [-0.2, 0) is 0 Å². The Hall–Kier alpha value is -1.23. The Morgan fingerprint density at radius 1 is 1.31 bits per heavy atom. The molecule has 1 aromatic heterocycles. The predicted molar refractivity (Wildman–Crippen MR) is 48.4 cm³/mol. The van der Waals surface area contributed by atoms with Crippen LogP contribution in [0.1, 0.15) is 6.55 Å². The van der Waals surface area contributed by atoms with E-state index in [2.05, 4.69) is 4.98 Å². The van der Waals surface area contributed by atoms with Gasteiger partial charge in [0.2, 0.25) is 0 Å². The molecule has 0 atom stereocenters. The van der Waals surface area contributed by atoms with E-state index < -0.39 is 6.55 Å². The van der Waals surface area contributed by atoms with Crippen molar-refractivity contribution in [3.8, 4) is 0 Å².